The molecule has 0 aliphatic carbocycles. The second-order valence-electron chi connectivity index (χ2n) is 9.26. The summed E-state index contributed by atoms with van der Waals surface area (Å²) in [7, 11) is 0. The molecule has 0 spiro atoms. The fourth-order valence-electron chi connectivity index (χ4n) is 4.52. The van der Waals surface area contributed by atoms with Crippen molar-refractivity contribution in [3.63, 3.8) is 0 Å². The number of halogens is 6. The Bertz CT molecular complexity index is 1560. The summed E-state index contributed by atoms with van der Waals surface area (Å²) in [5, 5.41) is 2.05. The van der Waals surface area contributed by atoms with Crippen LogP contribution < -0.4 is 4.57 Å². The van der Waals surface area contributed by atoms with Crippen molar-refractivity contribution in [3.8, 4) is 0 Å². The van der Waals surface area contributed by atoms with Crippen molar-refractivity contribution in [3.05, 3.63) is 158 Å². The van der Waals surface area contributed by atoms with Gasteiger partial charge in [0.1, 0.15) is 36.7 Å². The van der Waals surface area contributed by atoms with Crippen LogP contribution in [-0.2, 0) is 17.9 Å². The van der Waals surface area contributed by atoms with Crippen molar-refractivity contribution in [1.29, 1.82) is 0 Å². The molecule has 1 atom stereocenters. The molecule has 0 aliphatic rings. The summed E-state index contributed by atoms with van der Waals surface area (Å²) in [4.78, 5) is 0. The molecule has 0 amide bonds. The normalized spacial score (nSPS) is 12.2. The topological polar surface area (TPSA) is 18.0 Å². The first kappa shape index (κ1) is 28.6. The van der Waals surface area contributed by atoms with Crippen molar-refractivity contribution in [2.24, 2.45) is 0 Å². The van der Waals surface area contributed by atoms with Crippen molar-refractivity contribution in [2.45, 2.75) is 25.3 Å². The van der Waals surface area contributed by atoms with Gasteiger partial charge in [-0.25, -0.2) is 17.9 Å². The van der Waals surface area contributed by atoms with Gasteiger partial charge in [-0.1, -0.05) is 82.8 Å². The van der Waals surface area contributed by atoms with Crippen LogP contribution >= 0.6 is 46.4 Å². The maximum atomic E-state index is 13.7. The zero-order valence-corrected chi connectivity index (χ0v) is 24.0. The molecule has 9 heteroatoms. The van der Waals surface area contributed by atoms with E-state index in [2.05, 4.69) is 0 Å². The van der Waals surface area contributed by atoms with Crippen LogP contribution in [0.25, 0.3) is 0 Å². The van der Waals surface area contributed by atoms with Gasteiger partial charge in [0, 0.05) is 36.8 Å². The van der Waals surface area contributed by atoms with Crippen LogP contribution in [0.4, 0.5) is 8.78 Å². The van der Waals surface area contributed by atoms with E-state index in [1.165, 1.54) is 24.3 Å². The fraction of sp³-hybridized carbons (Fsp3) is 0.129. The van der Waals surface area contributed by atoms with Gasteiger partial charge >= 0.3 is 0 Å². The number of imidazole rings is 1. The molecule has 204 valence electrons. The standard InChI is InChI=1S/C31H23Cl4F2N2O/c32-23-6-1-22(28(34)15-23)18-40-30(27-12-7-24(33)16-29(27)35)17-38-13-14-39(19-38)31(20-2-8-25(36)9-3-20)21-4-10-26(37)11-5-21/h1-16,19,30-31H,17-18H2/q+1. The van der Waals surface area contributed by atoms with Crippen LogP contribution in [0.15, 0.2) is 104 Å². The molecule has 0 saturated heterocycles. The summed E-state index contributed by atoms with van der Waals surface area (Å²) in [6.45, 7) is 0.647. The highest BCUT2D eigenvalue weighted by atomic mass is 35.5. The highest BCUT2D eigenvalue weighted by Gasteiger charge is 2.25. The van der Waals surface area contributed by atoms with Crippen molar-refractivity contribution in [2.75, 3.05) is 0 Å². The molecule has 0 saturated carbocycles. The molecule has 1 aromatic heterocycles. The van der Waals surface area contributed by atoms with Crippen molar-refractivity contribution < 1.29 is 18.1 Å². The Hall–Kier alpha value is -2.93. The maximum Gasteiger partial charge on any atom is 0.244 e. The van der Waals surface area contributed by atoms with Crippen molar-refractivity contribution >= 4 is 46.4 Å². The SMILES string of the molecule is Fc1ccc(C(c2ccc(F)cc2)n2cc[n+](CC(OCc3ccc(Cl)cc3Cl)c3ccc(Cl)cc3Cl)c2)cc1. The lowest BCUT2D eigenvalue weighted by molar-refractivity contribution is -0.705. The number of rotatable bonds is 9. The van der Waals surface area contributed by atoms with E-state index < -0.39 is 6.10 Å². The van der Waals surface area contributed by atoms with E-state index in [1.807, 2.05) is 40.0 Å². The second-order valence-corrected chi connectivity index (χ2v) is 11.0. The van der Waals surface area contributed by atoms with E-state index in [4.69, 9.17) is 51.1 Å². The molecule has 0 radical (unpaired) electrons. The summed E-state index contributed by atoms with van der Waals surface area (Å²) < 4.78 is 37.7. The lowest BCUT2D eigenvalue weighted by Gasteiger charge is -2.19. The minimum Gasteiger partial charge on any atom is -0.365 e. The first-order valence-electron chi connectivity index (χ1n) is 12.3. The highest BCUT2D eigenvalue weighted by Crippen LogP contribution is 2.31. The van der Waals surface area contributed by atoms with Crippen LogP contribution in [0.1, 0.15) is 34.4 Å². The smallest absolute Gasteiger partial charge is 0.244 e. The monoisotopic (exact) mass is 617 g/mol. The molecule has 5 rings (SSSR count). The molecule has 0 fully saturated rings. The number of hydrogen-bond donors (Lipinski definition) is 0. The summed E-state index contributed by atoms with van der Waals surface area (Å²) in [6.07, 6.45) is 5.29. The third-order valence-corrected chi connectivity index (χ3v) is 7.67. The van der Waals surface area contributed by atoms with E-state index in [1.54, 1.807) is 48.5 Å². The number of benzene rings is 4. The molecular weight excluding hydrogens is 596 g/mol. The predicted octanol–water partition coefficient (Wildman–Crippen LogP) is 9.26. The third kappa shape index (κ3) is 6.85. The number of nitrogens with zero attached hydrogens (tertiary/aromatic N) is 2. The molecule has 1 heterocycles. The van der Waals surface area contributed by atoms with E-state index in [9.17, 15) is 8.78 Å². The Morgan fingerprint density at radius 1 is 0.725 bits per heavy atom. The highest BCUT2D eigenvalue weighted by molar-refractivity contribution is 6.35. The van der Waals surface area contributed by atoms with Gasteiger partial charge in [-0.05, 0) is 54.1 Å². The summed E-state index contributed by atoms with van der Waals surface area (Å²) >= 11 is 25.2. The van der Waals surface area contributed by atoms with Gasteiger partial charge in [-0.3, -0.25) is 0 Å². The summed E-state index contributed by atoms with van der Waals surface area (Å²) in [5.74, 6) is -0.658. The summed E-state index contributed by atoms with van der Waals surface area (Å²) in [5.41, 5.74) is 3.25. The number of ether oxygens (including phenoxy) is 1. The van der Waals surface area contributed by atoms with Crippen LogP contribution in [0.2, 0.25) is 20.1 Å². The molecule has 0 aliphatic heterocycles. The van der Waals surface area contributed by atoms with Crippen LogP contribution in [-0.4, -0.2) is 4.57 Å². The average molecular weight is 619 g/mol. The quantitative estimate of drug-likeness (QED) is 0.151. The molecule has 5 aromatic rings. The lowest BCUT2D eigenvalue weighted by Crippen LogP contribution is -2.36. The molecule has 3 nitrogen and oxygen atoms in total. The molecule has 0 bridgehead atoms. The Morgan fingerprint density at radius 2 is 1.30 bits per heavy atom. The van der Waals surface area contributed by atoms with Gasteiger partial charge in [0.2, 0.25) is 6.33 Å². The van der Waals surface area contributed by atoms with Gasteiger partial charge in [0.25, 0.3) is 0 Å². The largest absolute Gasteiger partial charge is 0.365 e. The molecule has 0 N–H and O–H groups in total. The molecular formula is C31H23Cl4F2N2O+. The van der Waals surface area contributed by atoms with Gasteiger partial charge in [-0.2, -0.15) is 0 Å². The summed E-state index contributed by atoms with van der Waals surface area (Å²) in [6, 6.07) is 22.8. The molecule has 4 aromatic carbocycles. The number of aromatic nitrogens is 2. The maximum absolute atomic E-state index is 13.7. The Morgan fingerprint density at radius 3 is 1.88 bits per heavy atom. The zero-order chi connectivity index (χ0) is 28.2. The number of hydrogen-bond acceptors (Lipinski definition) is 1. The fourth-order valence-corrected chi connectivity index (χ4v) is 5.52. The van der Waals surface area contributed by atoms with Crippen LogP contribution in [0, 0.1) is 11.6 Å². The molecule has 40 heavy (non-hydrogen) atoms. The van der Waals surface area contributed by atoms with Crippen molar-refractivity contribution in [1.82, 2.24) is 4.57 Å². The molecule has 1 unspecified atom stereocenters. The Balaban J connectivity index is 1.46. The average Bonchev–Trinajstić information content (AvgIpc) is 3.38. The lowest BCUT2D eigenvalue weighted by atomic mass is 9.98. The minimum atomic E-state index is -0.451. The van der Waals surface area contributed by atoms with Gasteiger partial charge < -0.3 is 4.74 Å². The predicted molar refractivity (Wildman–Crippen MR) is 155 cm³/mol. The van der Waals surface area contributed by atoms with Crippen LogP contribution in [0.5, 0.6) is 0 Å². The first-order chi connectivity index (χ1) is 19.3. The van der Waals surface area contributed by atoms with Gasteiger partial charge in [0.15, 0.2) is 6.04 Å². The third-order valence-electron chi connectivity index (χ3n) is 6.52. The van der Waals surface area contributed by atoms with Gasteiger partial charge in [0.05, 0.1) is 6.61 Å². The van der Waals surface area contributed by atoms with E-state index >= 15 is 0 Å². The second kappa shape index (κ2) is 12.7. The Labute approximate surface area is 251 Å². The minimum absolute atomic E-state index is 0.231. The van der Waals surface area contributed by atoms with Gasteiger partial charge in [-0.15, -0.1) is 0 Å². The first-order valence-corrected chi connectivity index (χ1v) is 13.9. The van der Waals surface area contributed by atoms with E-state index in [-0.39, 0.29) is 24.3 Å². The van der Waals surface area contributed by atoms with E-state index in [0.717, 1.165) is 22.3 Å². The zero-order valence-electron chi connectivity index (χ0n) is 21.0. The van der Waals surface area contributed by atoms with Crippen LogP contribution in [0.3, 0.4) is 0 Å². The van der Waals surface area contributed by atoms with E-state index in [0.29, 0.717) is 26.6 Å². The Kier molecular flexibility index (Phi) is 9.09.